The van der Waals surface area contributed by atoms with Gasteiger partial charge in [0.2, 0.25) is 5.91 Å². The number of nitrogens with zero attached hydrogens (tertiary/aromatic N) is 1. The first-order valence-corrected chi connectivity index (χ1v) is 9.44. The summed E-state index contributed by atoms with van der Waals surface area (Å²) in [7, 11) is 0. The second-order valence-corrected chi connectivity index (χ2v) is 7.82. The molecule has 2 aliphatic rings. The molecule has 2 N–H and O–H groups in total. The Morgan fingerprint density at radius 3 is 2.76 bits per heavy atom. The van der Waals surface area contributed by atoms with Gasteiger partial charge < -0.3 is 15.4 Å². The monoisotopic (exact) mass is 387 g/mol. The van der Waals surface area contributed by atoms with Gasteiger partial charge in [0.1, 0.15) is 9.88 Å². The summed E-state index contributed by atoms with van der Waals surface area (Å²) in [6.07, 6.45) is 3.17. The summed E-state index contributed by atoms with van der Waals surface area (Å²) in [4.78, 5) is 29.4. The Labute approximate surface area is 158 Å². The third-order valence-corrected chi connectivity index (χ3v) is 6.43. The zero-order valence-corrected chi connectivity index (χ0v) is 16.5. The highest BCUT2D eigenvalue weighted by Crippen LogP contribution is 2.58. The van der Waals surface area contributed by atoms with E-state index in [1.165, 1.54) is 11.3 Å². The molecule has 1 aliphatic heterocycles. The standard InChI is InChI=1S/C17H25N3O3S.ClH/c1-4-23-16(22)13-10(2)20-15(24-13)11(3)19-14(21)12-9-17(12)5-7-18-8-6-17;/h11-12,18H,4-9H2,1-3H3,(H,19,21);1H. The quantitative estimate of drug-likeness (QED) is 0.759. The summed E-state index contributed by atoms with van der Waals surface area (Å²) >= 11 is 1.31. The molecule has 1 saturated heterocycles. The molecule has 1 amide bonds. The summed E-state index contributed by atoms with van der Waals surface area (Å²) in [6, 6.07) is -0.191. The lowest BCUT2D eigenvalue weighted by Crippen LogP contribution is -2.34. The fraction of sp³-hybridized carbons (Fsp3) is 0.706. The first-order chi connectivity index (χ1) is 11.5. The number of aromatic nitrogens is 1. The molecule has 0 bridgehead atoms. The maximum absolute atomic E-state index is 12.5. The summed E-state index contributed by atoms with van der Waals surface area (Å²) in [5.74, 6) is -0.0873. The highest BCUT2D eigenvalue weighted by Gasteiger charge is 2.57. The van der Waals surface area contributed by atoms with Crippen LogP contribution in [-0.4, -0.2) is 36.6 Å². The molecule has 2 heterocycles. The van der Waals surface area contributed by atoms with Crippen molar-refractivity contribution in [3.05, 3.63) is 15.6 Å². The number of rotatable bonds is 5. The second kappa shape index (κ2) is 8.01. The molecular formula is C17H26ClN3O3S. The maximum Gasteiger partial charge on any atom is 0.350 e. The van der Waals surface area contributed by atoms with Crippen LogP contribution in [-0.2, 0) is 9.53 Å². The molecule has 1 aromatic heterocycles. The zero-order chi connectivity index (χ0) is 17.3. The Balaban J connectivity index is 0.00000225. The highest BCUT2D eigenvalue weighted by atomic mass is 35.5. The number of hydrogen-bond acceptors (Lipinski definition) is 6. The molecule has 2 fully saturated rings. The minimum absolute atomic E-state index is 0. The molecule has 140 valence electrons. The van der Waals surface area contributed by atoms with Gasteiger partial charge in [0.05, 0.1) is 18.3 Å². The lowest BCUT2D eigenvalue weighted by atomic mass is 9.91. The number of thiazole rings is 1. The van der Waals surface area contributed by atoms with Gasteiger partial charge in [0, 0.05) is 5.92 Å². The van der Waals surface area contributed by atoms with E-state index in [9.17, 15) is 9.59 Å². The number of carbonyl (C=O) groups is 2. The van der Waals surface area contributed by atoms with Gasteiger partial charge in [0.15, 0.2) is 0 Å². The van der Waals surface area contributed by atoms with E-state index in [2.05, 4.69) is 15.6 Å². The normalized spacial score (nSPS) is 22.0. The minimum Gasteiger partial charge on any atom is -0.462 e. The Morgan fingerprint density at radius 2 is 2.12 bits per heavy atom. The minimum atomic E-state index is -0.340. The van der Waals surface area contributed by atoms with Gasteiger partial charge in [-0.25, -0.2) is 9.78 Å². The fourth-order valence-electron chi connectivity index (χ4n) is 3.56. The molecule has 1 saturated carbocycles. The summed E-state index contributed by atoms with van der Waals surface area (Å²) < 4.78 is 5.04. The van der Waals surface area contributed by atoms with E-state index in [0.29, 0.717) is 17.2 Å². The van der Waals surface area contributed by atoms with Gasteiger partial charge in [-0.1, -0.05) is 0 Å². The topological polar surface area (TPSA) is 80.3 Å². The molecule has 1 aromatic rings. The molecule has 0 aromatic carbocycles. The van der Waals surface area contributed by atoms with Crippen LogP contribution in [0.1, 0.15) is 59.5 Å². The number of amides is 1. The SMILES string of the molecule is CCOC(=O)c1sc(C(C)NC(=O)C2CC23CCNCC3)nc1C.Cl. The number of esters is 1. The number of piperidine rings is 1. The largest absolute Gasteiger partial charge is 0.462 e. The van der Waals surface area contributed by atoms with Crippen LogP contribution in [0.15, 0.2) is 0 Å². The van der Waals surface area contributed by atoms with Crippen LogP contribution >= 0.6 is 23.7 Å². The number of halogens is 1. The summed E-state index contributed by atoms with van der Waals surface area (Å²) in [6.45, 7) is 7.86. The van der Waals surface area contributed by atoms with Crippen molar-refractivity contribution in [2.24, 2.45) is 11.3 Å². The number of nitrogens with one attached hydrogen (secondary N) is 2. The molecule has 25 heavy (non-hydrogen) atoms. The molecule has 2 atom stereocenters. The third-order valence-electron chi connectivity index (χ3n) is 5.11. The van der Waals surface area contributed by atoms with Crippen molar-refractivity contribution in [2.75, 3.05) is 19.7 Å². The van der Waals surface area contributed by atoms with Crippen LogP contribution in [0.5, 0.6) is 0 Å². The van der Waals surface area contributed by atoms with Gasteiger partial charge in [-0.3, -0.25) is 4.79 Å². The summed E-state index contributed by atoms with van der Waals surface area (Å²) in [5.41, 5.74) is 0.889. The number of carbonyl (C=O) groups excluding carboxylic acids is 2. The van der Waals surface area contributed by atoms with Crippen LogP contribution in [0.25, 0.3) is 0 Å². The third kappa shape index (κ3) is 4.15. The van der Waals surface area contributed by atoms with E-state index >= 15 is 0 Å². The number of hydrogen-bond donors (Lipinski definition) is 2. The molecule has 0 radical (unpaired) electrons. The van der Waals surface area contributed by atoms with E-state index in [-0.39, 0.29) is 41.7 Å². The molecule has 3 rings (SSSR count). The predicted octanol–water partition coefficient (Wildman–Crippen LogP) is 2.62. The molecule has 1 spiro atoms. The van der Waals surface area contributed by atoms with E-state index in [4.69, 9.17) is 4.74 Å². The van der Waals surface area contributed by atoms with Crippen LogP contribution in [0, 0.1) is 18.3 Å². The summed E-state index contributed by atoms with van der Waals surface area (Å²) in [5, 5.41) is 7.18. The zero-order valence-electron chi connectivity index (χ0n) is 14.9. The first kappa shape index (κ1) is 20.1. The fourth-order valence-corrected chi connectivity index (χ4v) is 4.52. The molecule has 1 aliphatic carbocycles. The van der Waals surface area contributed by atoms with Crippen LogP contribution in [0.2, 0.25) is 0 Å². The van der Waals surface area contributed by atoms with Crippen molar-refractivity contribution in [1.29, 1.82) is 0 Å². The van der Waals surface area contributed by atoms with E-state index in [1.54, 1.807) is 13.8 Å². The van der Waals surface area contributed by atoms with E-state index < -0.39 is 0 Å². The van der Waals surface area contributed by atoms with Crippen LogP contribution in [0.4, 0.5) is 0 Å². The maximum atomic E-state index is 12.5. The number of aryl methyl sites for hydroxylation is 1. The predicted molar refractivity (Wildman–Crippen MR) is 99.3 cm³/mol. The van der Waals surface area contributed by atoms with Crippen LogP contribution in [0.3, 0.4) is 0 Å². The molecule has 2 unspecified atom stereocenters. The van der Waals surface area contributed by atoms with E-state index in [0.717, 1.165) is 37.4 Å². The highest BCUT2D eigenvalue weighted by molar-refractivity contribution is 7.13. The average molecular weight is 388 g/mol. The molecule has 8 heteroatoms. The second-order valence-electron chi connectivity index (χ2n) is 6.79. The molecular weight excluding hydrogens is 362 g/mol. The average Bonchev–Trinajstić information content (AvgIpc) is 3.09. The van der Waals surface area contributed by atoms with Crippen molar-refractivity contribution in [2.45, 2.75) is 46.1 Å². The van der Waals surface area contributed by atoms with Gasteiger partial charge in [0.25, 0.3) is 0 Å². The number of ether oxygens (including phenoxy) is 1. The Kier molecular flexibility index (Phi) is 6.45. The van der Waals surface area contributed by atoms with Crippen molar-refractivity contribution >= 4 is 35.6 Å². The van der Waals surface area contributed by atoms with Crippen molar-refractivity contribution in [1.82, 2.24) is 15.6 Å². The van der Waals surface area contributed by atoms with Gasteiger partial charge >= 0.3 is 5.97 Å². The van der Waals surface area contributed by atoms with E-state index in [1.807, 2.05) is 6.92 Å². The molecule has 6 nitrogen and oxygen atoms in total. The Bertz CT molecular complexity index is 643. The van der Waals surface area contributed by atoms with Crippen LogP contribution < -0.4 is 10.6 Å². The van der Waals surface area contributed by atoms with Crippen molar-refractivity contribution in [3.8, 4) is 0 Å². The van der Waals surface area contributed by atoms with Gasteiger partial charge in [-0.2, -0.15) is 0 Å². The van der Waals surface area contributed by atoms with Gasteiger partial charge in [-0.05, 0) is 58.5 Å². The van der Waals surface area contributed by atoms with Crippen molar-refractivity contribution in [3.63, 3.8) is 0 Å². The smallest absolute Gasteiger partial charge is 0.350 e. The van der Waals surface area contributed by atoms with Gasteiger partial charge in [-0.15, -0.1) is 23.7 Å². The van der Waals surface area contributed by atoms with Crippen molar-refractivity contribution < 1.29 is 14.3 Å². The lowest BCUT2D eigenvalue weighted by molar-refractivity contribution is -0.123. The lowest BCUT2D eigenvalue weighted by Gasteiger charge is -2.23. The Hall–Kier alpha value is -1.18. The first-order valence-electron chi connectivity index (χ1n) is 8.62. The Morgan fingerprint density at radius 1 is 1.44 bits per heavy atom.